The van der Waals surface area contributed by atoms with E-state index in [0.29, 0.717) is 16.3 Å². The van der Waals surface area contributed by atoms with Crippen LogP contribution in [-0.2, 0) is 4.79 Å². The Balaban J connectivity index is 1.82. The largest absolute Gasteiger partial charge is 0.479 e. The van der Waals surface area contributed by atoms with Crippen LogP contribution in [0.1, 0.15) is 18.1 Å². The standard InChI is InChI=1S/C20H18ClNO4/c1-11-5-4-6-14(7-11)22-20(24)13(3)25-18-10-17-15(9-16(18)21)12(2)8-19(23)26-17/h4-10,13H,1-3H3,(H,22,24)/t13-/m0/s1. The Labute approximate surface area is 155 Å². The van der Waals surface area contributed by atoms with Gasteiger partial charge < -0.3 is 14.5 Å². The van der Waals surface area contributed by atoms with Crippen LogP contribution in [0.2, 0.25) is 5.02 Å². The molecule has 0 aliphatic carbocycles. The molecule has 1 N–H and O–H groups in total. The second-order valence-electron chi connectivity index (χ2n) is 6.15. The smallest absolute Gasteiger partial charge is 0.336 e. The quantitative estimate of drug-likeness (QED) is 0.687. The third-order valence-electron chi connectivity index (χ3n) is 3.96. The maximum atomic E-state index is 12.4. The third-order valence-corrected chi connectivity index (χ3v) is 4.26. The molecule has 0 saturated carbocycles. The number of fused-ring (bicyclic) bond motifs is 1. The van der Waals surface area contributed by atoms with E-state index in [4.69, 9.17) is 20.8 Å². The van der Waals surface area contributed by atoms with E-state index in [1.165, 1.54) is 12.1 Å². The van der Waals surface area contributed by atoms with Crippen LogP contribution in [0.5, 0.6) is 5.75 Å². The maximum absolute atomic E-state index is 12.4. The van der Waals surface area contributed by atoms with Gasteiger partial charge in [0.15, 0.2) is 6.10 Å². The average Bonchev–Trinajstić information content (AvgIpc) is 2.56. The number of ether oxygens (including phenoxy) is 1. The fourth-order valence-electron chi connectivity index (χ4n) is 2.62. The topological polar surface area (TPSA) is 68.5 Å². The molecule has 0 unspecified atom stereocenters. The first-order chi connectivity index (χ1) is 12.3. The van der Waals surface area contributed by atoms with Gasteiger partial charge in [-0.25, -0.2) is 4.79 Å². The van der Waals surface area contributed by atoms with Crippen LogP contribution < -0.4 is 15.7 Å². The van der Waals surface area contributed by atoms with Crippen molar-refractivity contribution in [2.45, 2.75) is 26.9 Å². The Hall–Kier alpha value is -2.79. The molecular weight excluding hydrogens is 354 g/mol. The minimum Gasteiger partial charge on any atom is -0.479 e. The molecule has 2 aromatic carbocycles. The summed E-state index contributed by atoms with van der Waals surface area (Å²) in [5.74, 6) is -0.0303. The Morgan fingerprint density at radius 2 is 1.96 bits per heavy atom. The maximum Gasteiger partial charge on any atom is 0.336 e. The number of rotatable bonds is 4. The number of aryl methyl sites for hydroxylation is 2. The third kappa shape index (κ3) is 3.89. The van der Waals surface area contributed by atoms with Crippen molar-refractivity contribution in [1.82, 2.24) is 0 Å². The van der Waals surface area contributed by atoms with Crippen LogP contribution in [0.4, 0.5) is 5.69 Å². The number of amides is 1. The van der Waals surface area contributed by atoms with Crippen LogP contribution in [0.25, 0.3) is 11.0 Å². The summed E-state index contributed by atoms with van der Waals surface area (Å²) in [5.41, 5.74) is 2.40. The number of anilines is 1. The normalized spacial score (nSPS) is 12.0. The predicted octanol–water partition coefficient (Wildman–Crippen LogP) is 4.47. The van der Waals surface area contributed by atoms with Crippen molar-refractivity contribution in [3.63, 3.8) is 0 Å². The first kappa shape index (κ1) is 18.0. The van der Waals surface area contributed by atoms with Gasteiger partial charge in [0, 0.05) is 23.2 Å². The summed E-state index contributed by atoms with van der Waals surface area (Å²) >= 11 is 6.27. The minimum absolute atomic E-state index is 0.278. The molecule has 0 aliphatic rings. The van der Waals surface area contributed by atoms with Crippen molar-refractivity contribution in [2.24, 2.45) is 0 Å². The van der Waals surface area contributed by atoms with Crippen molar-refractivity contribution in [3.05, 3.63) is 69.0 Å². The van der Waals surface area contributed by atoms with Gasteiger partial charge in [0.1, 0.15) is 11.3 Å². The van der Waals surface area contributed by atoms with Gasteiger partial charge in [-0.3, -0.25) is 4.79 Å². The fraction of sp³-hybridized carbons (Fsp3) is 0.200. The monoisotopic (exact) mass is 371 g/mol. The number of carbonyl (C=O) groups excluding carboxylic acids is 1. The molecule has 0 bridgehead atoms. The van der Waals surface area contributed by atoms with E-state index >= 15 is 0 Å². The van der Waals surface area contributed by atoms with Crippen LogP contribution in [0.3, 0.4) is 0 Å². The number of benzene rings is 2. The van der Waals surface area contributed by atoms with E-state index in [-0.39, 0.29) is 11.7 Å². The average molecular weight is 372 g/mol. The predicted molar refractivity (Wildman–Crippen MR) is 102 cm³/mol. The van der Waals surface area contributed by atoms with E-state index in [1.54, 1.807) is 26.0 Å². The highest BCUT2D eigenvalue weighted by Crippen LogP contribution is 2.31. The van der Waals surface area contributed by atoms with Gasteiger partial charge in [0.2, 0.25) is 0 Å². The van der Waals surface area contributed by atoms with Crippen LogP contribution >= 0.6 is 11.6 Å². The summed E-state index contributed by atoms with van der Waals surface area (Å²) in [7, 11) is 0. The lowest BCUT2D eigenvalue weighted by atomic mass is 10.1. The van der Waals surface area contributed by atoms with Crippen LogP contribution in [-0.4, -0.2) is 12.0 Å². The zero-order chi connectivity index (χ0) is 18.8. The molecule has 134 valence electrons. The number of hydrogen-bond donors (Lipinski definition) is 1. The minimum atomic E-state index is -0.790. The Kier molecular flexibility index (Phi) is 5.00. The SMILES string of the molecule is Cc1cccc(NC(=O)[C@H](C)Oc2cc3oc(=O)cc(C)c3cc2Cl)c1. The van der Waals surface area contributed by atoms with Gasteiger partial charge in [0.05, 0.1) is 5.02 Å². The molecule has 6 heteroatoms. The summed E-state index contributed by atoms with van der Waals surface area (Å²) < 4.78 is 10.9. The molecule has 0 radical (unpaired) electrons. The Morgan fingerprint density at radius 3 is 2.69 bits per heavy atom. The summed E-state index contributed by atoms with van der Waals surface area (Å²) in [4.78, 5) is 23.9. The van der Waals surface area contributed by atoms with Crippen molar-refractivity contribution in [1.29, 1.82) is 0 Å². The first-order valence-electron chi connectivity index (χ1n) is 8.11. The highest BCUT2D eigenvalue weighted by atomic mass is 35.5. The van der Waals surface area contributed by atoms with E-state index < -0.39 is 11.7 Å². The second-order valence-corrected chi connectivity index (χ2v) is 6.55. The summed E-state index contributed by atoms with van der Waals surface area (Å²) in [6.45, 7) is 5.37. The van der Waals surface area contributed by atoms with Gasteiger partial charge in [-0.05, 0) is 50.1 Å². The molecule has 3 aromatic rings. The molecule has 1 aromatic heterocycles. The number of hydrogen-bond acceptors (Lipinski definition) is 4. The van der Waals surface area contributed by atoms with E-state index in [2.05, 4.69) is 5.32 Å². The summed E-state index contributed by atoms with van der Waals surface area (Å²) in [6.07, 6.45) is -0.790. The zero-order valence-electron chi connectivity index (χ0n) is 14.6. The lowest BCUT2D eigenvalue weighted by Gasteiger charge is -2.16. The van der Waals surface area contributed by atoms with Gasteiger partial charge in [-0.2, -0.15) is 0 Å². The number of halogens is 1. The van der Waals surface area contributed by atoms with Crippen molar-refractivity contribution < 1.29 is 13.9 Å². The lowest BCUT2D eigenvalue weighted by Crippen LogP contribution is -2.30. The van der Waals surface area contributed by atoms with E-state index in [0.717, 1.165) is 16.5 Å². The molecule has 1 amide bonds. The van der Waals surface area contributed by atoms with Crippen molar-refractivity contribution in [3.8, 4) is 5.75 Å². The van der Waals surface area contributed by atoms with Crippen molar-refractivity contribution in [2.75, 3.05) is 5.32 Å². The molecule has 0 aliphatic heterocycles. The van der Waals surface area contributed by atoms with Gasteiger partial charge >= 0.3 is 5.63 Å². The summed E-state index contributed by atoms with van der Waals surface area (Å²) in [6, 6.07) is 12.1. The molecule has 1 atom stereocenters. The Bertz CT molecular complexity index is 1040. The molecule has 1 heterocycles. The van der Waals surface area contributed by atoms with E-state index in [1.807, 2.05) is 25.1 Å². The molecule has 26 heavy (non-hydrogen) atoms. The molecular formula is C20H18ClNO4. The zero-order valence-corrected chi connectivity index (χ0v) is 15.4. The number of nitrogens with one attached hydrogen (secondary N) is 1. The lowest BCUT2D eigenvalue weighted by molar-refractivity contribution is -0.122. The van der Waals surface area contributed by atoms with Gasteiger partial charge in [-0.1, -0.05) is 23.7 Å². The Morgan fingerprint density at radius 1 is 1.19 bits per heavy atom. The molecule has 5 nitrogen and oxygen atoms in total. The molecule has 0 fully saturated rings. The van der Waals surface area contributed by atoms with Crippen molar-refractivity contribution >= 4 is 34.2 Å². The fourth-order valence-corrected chi connectivity index (χ4v) is 2.83. The first-order valence-corrected chi connectivity index (χ1v) is 8.49. The molecule has 0 saturated heterocycles. The second kappa shape index (κ2) is 7.22. The highest BCUT2D eigenvalue weighted by molar-refractivity contribution is 6.32. The van der Waals surface area contributed by atoms with Gasteiger partial charge in [0.25, 0.3) is 5.91 Å². The van der Waals surface area contributed by atoms with Crippen LogP contribution in [0, 0.1) is 13.8 Å². The molecule has 3 rings (SSSR count). The highest BCUT2D eigenvalue weighted by Gasteiger charge is 2.18. The van der Waals surface area contributed by atoms with Gasteiger partial charge in [-0.15, -0.1) is 0 Å². The van der Waals surface area contributed by atoms with E-state index in [9.17, 15) is 9.59 Å². The molecule has 0 spiro atoms. The summed E-state index contributed by atoms with van der Waals surface area (Å²) in [5, 5.41) is 3.86. The van der Waals surface area contributed by atoms with Crippen LogP contribution in [0.15, 0.2) is 51.7 Å². The number of carbonyl (C=O) groups is 1.